The Hall–Kier alpha value is 0.210. The van der Waals surface area contributed by atoms with E-state index in [9.17, 15) is 0 Å². The number of halogens is 1. The Balaban J connectivity index is 2.54. The van der Waals surface area contributed by atoms with E-state index in [1.807, 2.05) is 0 Å². The van der Waals surface area contributed by atoms with E-state index in [0.717, 1.165) is 12.5 Å². The van der Waals surface area contributed by atoms with E-state index >= 15 is 0 Å². The second-order valence-corrected chi connectivity index (χ2v) is 6.65. The quantitative estimate of drug-likeness (QED) is 0.537. The molecular weight excluding hydrogens is 246 g/mol. The molecule has 1 aliphatic rings. The van der Waals surface area contributed by atoms with Gasteiger partial charge in [-0.15, -0.1) is 11.6 Å². The first-order valence-electron chi connectivity index (χ1n) is 7.37. The normalized spacial score (nSPS) is 31.0. The summed E-state index contributed by atoms with van der Waals surface area (Å²) in [4.78, 5) is 2.20. The second-order valence-electron chi connectivity index (χ2n) is 6.27. The molecule has 1 saturated carbocycles. The van der Waals surface area contributed by atoms with Crippen molar-refractivity contribution in [1.82, 2.24) is 4.90 Å². The van der Waals surface area contributed by atoms with E-state index in [0.29, 0.717) is 23.8 Å². The standard InChI is InChI=1S/C15H30ClNO/c1-11(2)14-7-6-12(3)10-15(14)18-13(4)17(5)9-8-16/h11-15H,6-10H2,1-5H3. The first-order chi connectivity index (χ1) is 8.45. The number of ether oxygens (including phenoxy) is 1. The van der Waals surface area contributed by atoms with Gasteiger partial charge in [0.1, 0.15) is 6.23 Å². The topological polar surface area (TPSA) is 12.5 Å². The molecule has 1 fully saturated rings. The van der Waals surface area contributed by atoms with Crippen LogP contribution in [0.5, 0.6) is 0 Å². The molecule has 0 N–H and O–H groups in total. The molecule has 2 nitrogen and oxygen atoms in total. The van der Waals surface area contributed by atoms with Crippen molar-refractivity contribution in [3.05, 3.63) is 0 Å². The molecule has 1 aliphatic carbocycles. The fourth-order valence-electron chi connectivity index (χ4n) is 2.94. The Bertz CT molecular complexity index is 235. The number of rotatable bonds is 6. The van der Waals surface area contributed by atoms with Crippen LogP contribution in [-0.4, -0.2) is 36.7 Å². The summed E-state index contributed by atoms with van der Waals surface area (Å²) in [5.41, 5.74) is 0. The van der Waals surface area contributed by atoms with E-state index < -0.39 is 0 Å². The Morgan fingerprint density at radius 1 is 1.28 bits per heavy atom. The van der Waals surface area contributed by atoms with Gasteiger partial charge in [0, 0.05) is 12.4 Å². The summed E-state index contributed by atoms with van der Waals surface area (Å²) in [6.45, 7) is 10.0. The maximum absolute atomic E-state index is 6.32. The fraction of sp³-hybridized carbons (Fsp3) is 1.00. The maximum atomic E-state index is 6.32. The molecule has 0 amide bonds. The summed E-state index contributed by atoms with van der Waals surface area (Å²) in [6, 6.07) is 0. The van der Waals surface area contributed by atoms with Crippen LogP contribution in [0.1, 0.15) is 47.0 Å². The van der Waals surface area contributed by atoms with E-state index in [1.165, 1.54) is 19.3 Å². The minimum absolute atomic E-state index is 0.167. The van der Waals surface area contributed by atoms with Crippen molar-refractivity contribution in [3.63, 3.8) is 0 Å². The minimum atomic E-state index is 0.167. The zero-order valence-corrected chi connectivity index (χ0v) is 13.4. The van der Waals surface area contributed by atoms with Crippen molar-refractivity contribution in [2.75, 3.05) is 19.5 Å². The van der Waals surface area contributed by atoms with Gasteiger partial charge >= 0.3 is 0 Å². The lowest BCUT2D eigenvalue weighted by Crippen LogP contribution is -2.41. The van der Waals surface area contributed by atoms with Gasteiger partial charge in [0.2, 0.25) is 0 Å². The molecule has 0 aliphatic heterocycles. The summed E-state index contributed by atoms with van der Waals surface area (Å²) in [7, 11) is 2.09. The summed E-state index contributed by atoms with van der Waals surface area (Å²) >= 11 is 5.79. The van der Waals surface area contributed by atoms with Crippen LogP contribution >= 0.6 is 11.6 Å². The molecule has 18 heavy (non-hydrogen) atoms. The molecule has 0 spiro atoms. The number of hydrogen-bond donors (Lipinski definition) is 0. The van der Waals surface area contributed by atoms with E-state index in [-0.39, 0.29) is 6.23 Å². The van der Waals surface area contributed by atoms with E-state index in [2.05, 4.69) is 39.6 Å². The largest absolute Gasteiger partial charge is 0.360 e. The van der Waals surface area contributed by atoms with Crippen molar-refractivity contribution in [3.8, 4) is 0 Å². The SMILES string of the molecule is CC1CCC(C(C)C)C(OC(C)N(C)CCCl)C1. The van der Waals surface area contributed by atoms with Crippen LogP contribution in [0, 0.1) is 17.8 Å². The van der Waals surface area contributed by atoms with Crippen LogP contribution in [0.2, 0.25) is 0 Å². The van der Waals surface area contributed by atoms with Crippen molar-refractivity contribution in [2.24, 2.45) is 17.8 Å². The van der Waals surface area contributed by atoms with E-state index in [1.54, 1.807) is 0 Å². The highest BCUT2D eigenvalue weighted by molar-refractivity contribution is 6.18. The van der Waals surface area contributed by atoms with Crippen LogP contribution in [0.3, 0.4) is 0 Å². The maximum Gasteiger partial charge on any atom is 0.107 e. The summed E-state index contributed by atoms with van der Waals surface area (Å²) in [5.74, 6) is 2.90. The predicted octanol–water partition coefficient (Wildman–Crippen LogP) is 3.98. The van der Waals surface area contributed by atoms with Gasteiger partial charge in [0.15, 0.2) is 0 Å². The van der Waals surface area contributed by atoms with Crippen LogP contribution < -0.4 is 0 Å². The van der Waals surface area contributed by atoms with Gasteiger partial charge in [0.25, 0.3) is 0 Å². The molecule has 1 rings (SSSR count). The van der Waals surface area contributed by atoms with Gasteiger partial charge in [-0.25, -0.2) is 0 Å². The van der Waals surface area contributed by atoms with Crippen LogP contribution in [0.4, 0.5) is 0 Å². The smallest absolute Gasteiger partial charge is 0.107 e. The lowest BCUT2D eigenvalue weighted by atomic mass is 9.75. The third kappa shape index (κ3) is 4.71. The third-order valence-electron chi connectivity index (χ3n) is 4.39. The van der Waals surface area contributed by atoms with E-state index in [4.69, 9.17) is 16.3 Å². The van der Waals surface area contributed by atoms with Gasteiger partial charge in [0.05, 0.1) is 6.10 Å². The van der Waals surface area contributed by atoms with Crippen molar-refractivity contribution >= 4 is 11.6 Å². The summed E-state index contributed by atoms with van der Waals surface area (Å²) in [6.07, 6.45) is 4.47. The first kappa shape index (κ1) is 16.3. The number of alkyl halides is 1. The second kappa shape index (κ2) is 7.72. The van der Waals surface area contributed by atoms with Crippen LogP contribution in [0.15, 0.2) is 0 Å². The Morgan fingerprint density at radius 2 is 1.94 bits per heavy atom. The molecule has 0 radical (unpaired) electrons. The van der Waals surface area contributed by atoms with Crippen molar-refractivity contribution < 1.29 is 4.74 Å². The average Bonchev–Trinajstić information content (AvgIpc) is 2.28. The number of nitrogens with zero attached hydrogens (tertiary/aromatic N) is 1. The first-order valence-corrected chi connectivity index (χ1v) is 7.90. The zero-order valence-electron chi connectivity index (χ0n) is 12.7. The molecule has 108 valence electrons. The summed E-state index contributed by atoms with van der Waals surface area (Å²) < 4.78 is 6.32. The van der Waals surface area contributed by atoms with Gasteiger partial charge in [-0.1, -0.05) is 27.2 Å². The fourth-order valence-corrected chi connectivity index (χ4v) is 3.21. The van der Waals surface area contributed by atoms with Gasteiger partial charge in [-0.3, -0.25) is 4.90 Å². The lowest BCUT2D eigenvalue weighted by molar-refractivity contribution is -0.123. The Labute approximate surface area is 118 Å². The molecule has 0 saturated heterocycles. The van der Waals surface area contributed by atoms with Crippen LogP contribution in [0.25, 0.3) is 0 Å². The van der Waals surface area contributed by atoms with Gasteiger partial charge in [-0.2, -0.15) is 0 Å². The molecule has 3 heteroatoms. The number of hydrogen-bond acceptors (Lipinski definition) is 2. The zero-order chi connectivity index (χ0) is 13.7. The Kier molecular flexibility index (Phi) is 6.97. The van der Waals surface area contributed by atoms with Gasteiger partial charge in [-0.05, 0) is 44.6 Å². The van der Waals surface area contributed by atoms with Crippen LogP contribution in [-0.2, 0) is 4.74 Å². The lowest BCUT2D eigenvalue weighted by Gasteiger charge is -2.40. The predicted molar refractivity (Wildman–Crippen MR) is 79.0 cm³/mol. The molecule has 4 unspecified atom stereocenters. The monoisotopic (exact) mass is 275 g/mol. The minimum Gasteiger partial charge on any atom is -0.360 e. The summed E-state index contributed by atoms with van der Waals surface area (Å²) in [5, 5.41) is 0. The molecule has 0 bridgehead atoms. The van der Waals surface area contributed by atoms with Crippen molar-refractivity contribution in [1.29, 1.82) is 0 Å². The average molecular weight is 276 g/mol. The highest BCUT2D eigenvalue weighted by Crippen LogP contribution is 2.35. The highest BCUT2D eigenvalue weighted by Gasteiger charge is 2.32. The molecule has 0 aromatic carbocycles. The third-order valence-corrected chi connectivity index (χ3v) is 4.56. The molecule has 0 aromatic heterocycles. The van der Waals surface area contributed by atoms with Gasteiger partial charge < -0.3 is 4.74 Å². The highest BCUT2D eigenvalue weighted by atomic mass is 35.5. The Morgan fingerprint density at radius 3 is 2.50 bits per heavy atom. The molecule has 0 aromatic rings. The molecular formula is C15H30ClNO. The molecule has 4 atom stereocenters. The molecule has 0 heterocycles. The van der Waals surface area contributed by atoms with Crippen molar-refractivity contribution in [2.45, 2.75) is 59.3 Å².